The summed E-state index contributed by atoms with van der Waals surface area (Å²) in [6.45, 7) is 3.76. The molecule has 1 saturated carbocycles. The lowest BCUT2D eigenvalue weighted by Crippen LogP contribution is -2.55. The fraction of sp³-hybridized carbons (Fsp3) is 0.583. The van der Waals surface area contributed by atoms with E-state index in [-0.39, 0.29) is 23.8 Å². The van der Waals surface area contributed by atoms with E-state index in [1.807, 2.05) is 23.9 Å². The monoisotopic (exact) mass is 471 g/mol. The van der Waals surface area contributed by atoms with E-state index in [1.54, 1.807) is 6.20 Å². The Morgan fingerprint density at radius 2 is 2.03 bits per heavy atom. The molecule has 1 saturated heterocycles. The second kappa shape index (κ2) is 9.06. The molecule has 176 valence electrons. The van der Waals surface area contributed by atoms with Gasteiger partial charge in [0.1, 0.15) is 5.82 Å². The lowest BCUT2D eigenvalue weighted by molar-refractivity contribution is -0.158. The first-order chi connectivity index (χ1) is 15.9. The van der Waals surface area contributed by atoms with Crippen LogP contribution in [0, 0.1) is 11.3 Å². The van der Waals surface area contributed by atoms with E-state index in [0.29, 0.717) is 30.5 Å². The van der Waals surface area contributed by atoms with Crippen LogP contribution < -0.4 is 10.6 Å². The number of carbonyl (C=O) groups excluding carboxylic acids is 2. The maximum absolute atomic E-state index is 13.0. The molecule has 33 heavy (non-hydrogen) atoms. The topological polar surface area (TPSA) is 98.1 Å². The van der Waals surface area contributed by atoms with Gasteiger partial charge in [-0.25, -0.2) is 4.98 Å². The van der Waals surface area contributed by atoms with Crippen LogP contribution in [0.4, 0.5) is 5.82 Å². The molecule has 0 unspecified atom stereocenters. The predicted octanol–water partition coefficient (Wildman–Crippen LogP) is 3.58. The highest BCUT2D eigenvalue weighted by Gasteiger charge is 2.42. The first-order valence-corrected chi connectivity index (χ1v) is 12.2. The van der Waals surface area contributed by atoms with Gasteiger partial charge in [-0.2, -0.15) is 5.10 Å². The van der Waals surface area contributed by atoms with E-state index in [1.165, 1.54) is 5.69 Å². The SMILES string of the molecule is CC1(C(=O)N[C@@H]2CCC[C@H](C(=O)Nc3cc(-c4cnn5c4CCCC5)c(Cl)cn3)C2)COC1. The van der Waals surface area contributed by atoms with Gasteiger partial charge in [0.25, 0.3) is 0 Å². The maximum atomic E-state index is 13.0. The van der Waals surface area contributed by atoms with Crippen molar-refractivity contribution in [3.8, 4) is 11.1 Å². The van der Waals surface area contributed by atoms with Crippen LogP contribution >= 0.6 is 11.6 Å². The molecular formula is C24H30ClN5O3. The average molecular weight is 472 g/mol. The molecule has 0 aromatic carbocycles. The third-order valence-electron chi connectivity index (χ3n) is 7.15. The molecule has 0 radical (unpaired) electrons. The Bertz CT molecular complexity index is 1060. The second-order valence-electron chi connectivity index (χ2n) is 9.81. The Labute approximate surface area is 198 Å². The highest BCUT2D eigenvalue weighted by atomic mass is 35.5. The van der Waals surface area contributed by atoms with Crippen molar-refractivity contribution in [2.45, 2.75) is 64.5 Å². The van der Waals surface area contributed by atoms with Crippen molar-refractivity contribution in [3.05, 3.63) is 29.2 Å². The number of hydrogen-bond acceptors (Lipinski definition) is 5. The Morgan fingerprint density at radius 3 is 2.82 bits per heavy atom. The van der Waals surface area contributed by atoms with E-state index < -0.39 is 5.41 Å². The first kappa shape index (κ1) is 22.3. The van der Waals surface area contributed by atoms with Crippen LogP contribution in [-0.4, -0.2) is 45.8 Å². The van der Waals surface area contributed by atoms with E-state index in [4.69, 9.17) is 16.3 Å². The number of amides is 2. The highest BCUT2D eigenvalue weighted by Crippen LogP contribution is 2.34. The number of halogens is 1. The van der Waals surface area contributed by atoms with E-state index in [2.05, 4.69) is 20.7 Å². The number of anilines is 1. The molecule has 4 heterocycles. The molecular weight excluding hydrogens is 442 g/mol. The molecule has 2 aromatic rings. The summed E-state index contributed by atoms with van der Waals surface area (Å²) in [5, 5.41) is 11.2. The van der Waals surface area contributed by atoms with Crippen LogP contribution in [0.25, 0.3) is 11.1 Å². The number of rotatable bonds is 5. The molecule has 2 N–H and O–H groups in total. The fourth-order valence-corrected chi connectivity index (χ4v) is 5.25. The summed E-state index contributed by atoms with van der Waals surface area (Å²) in [6, 6.07) is 1.85. The molecule has 8 nitrogen and oxygen atoms in total. The summed E-state index contributed by atoms with van der Waals surface area (Å²) in [5.74, 6) is 0.276. The third-order valence-corrected chi connectivity index (χ3v) is 7.45. The van der Waals surface area contributed by atoms with Gasteiger partial charge in [-0.15, -0.1) is 0 Å². The quantitative estimate of drug-likeness (QED) is 0.694. The predicted molar refractivity (Wildman–Crippen MR) is 125 cm³/mol. The van der Waals surface area contributed by atoms with Crippen molar-refractivity contribution >= 4 is 29.2 Å². The number of carbonyl (C=O) groups is 2. The molecule has 2 amide bonds. The minimum Gasteiger partial charge on any atom is -0.379 e. The zero-order chi connectivity index (χ0) is 23.0. The van der Waals surface area contributed by atoms with E-state index >= 15 is 0 Å². The number of nitrogens with one attached hydrogen (secondary N) is 2. The summed E-state index contributed by atoms with van der Waals surface area (Å²) in [7, 11) is 0. The maximum Gasteiger partial charge on any atom is 0.230 e. The molecule has 0 bridgehead atoms. The van der Waals surface area contributed by atoms with Gasteiger partial charge in [0.15, 0.2) is 0 Å². The number of ether oxygens (including phenoxy) is 1. The van der Waals surface area contributed by atoms with Gasteiger partial charge in [0.05, 0.1) is 29.8 Å². The molecule has 2 aromatic heterocycles. The van der Waals surface area contributed by atoms with Crippen molar-refractivity contribution in [3.63, 3.8) is 0 Å². The van der Waals surface area contributed by atoms with E-state index in [0.717, 1.165) is 56.2 Å². The minimum atomic E-state index is -0.439. The lowest BCUT2D eigenvalue weighted by Gasteiger charge is -2.38. The number of pyridine rings is 1. The van der Waals surface area contributed by atoms with Crippen molar-refractivity contribution in [2.24, 2.45) is 11.3 Å². The Balaban J connectivity index is 1.25. The van der Waals surface area contributed by atoms with Crippen molar-refractivity contribution in [1.29, 1.82) is 0 Å². The number of nitrogens with zero attached hydrogens (tertiary/aromatic N) is 3. The van der Waals surface area contributed by atoms with Crippen LogP contribution in [0.5, 0.6) is 0 Å². The number of hydrogen-bond donors (Lipinski definition) is 2. The van der Waals surface area contributed by atoms with Crippen LogP contribution in [0.2, 0.25) is 5.02 Å². The summed E-state index contributed by atoms with van der Waals surface area (Å²) in [4.78, 5) is 29.9. The van der Waals surface area contributed by atoms with Gasteiger partial charge in [-0.05, 0) is 51.5 Å². The van der Waals surface area contributed by atoms with Gasteiger partial charge < -0.3 is 15.4 Å². The molecule has 2 fully saturated rings. The Hall–Kier alpha value is -2.45. The van der Waals surface area contributed by atoms with Gasteiger partial charge >= 0.3 is 0 Å². The lowest BCUT2D eigenvalue weighted by atomic mass is 9.83. The van der Waals surface area contributed by atoms with Gasteiger partial charge in [0, 0.05) is 41.5 Å². The number of aromatic nitrogens is 3. The molecule has 0 spiro atoms. The van der Waals surface area contributed by atoms with Crippen LogP contribution in [0.3, 0.4) is 0 Å². The Kier molecular flexibility index (Phi) is 6.14. The van der Waals surface area contributed by atoms with Gasteiger partial charge in [-0.3, -0.25) is 14.3 Å². The minimum absolute atomic E-state index is 0.00658. The summed E-state index contributed by atoms with van der Waals surface area (Å²) in [5.41, 5.74) is 2.59. The summed E-state index contributed by atoms with van der Waals surface area (Å²) >= 11 is 6.48. The number of aryl methyl sites for hydroxylation is 1. The van der Waals surface area contributed by atoms with Crippen molar-refractivity contribution in [2.75, 3.05) is 18.5 Å². The van der Waals surface area contributed by atoms with E-state index in [9.17, 15) is 9.59 Å². The zero-order valence-corrected chi connectivity index (χ0v) is 19.7. The second-order valence-corrected chi connectivity index (χ2v) is 10.2. The number of fused-ring (bicyclic) bond motifs is 1. The third kappa shape index (κ3) is 4.51. The van der Waals surface area contributed by atoms with Crippen LogP contribution in [0.1, 0.15) is 51.1 Å². The van der Waals surface area contributed by atoms with Crippen molar-refractivity contribution in [1.82, 2.24) is 20.1 Å². The molecule has 1 aliphatic carbocycles. The molecule has 5 rings (SSSR count). The van der Waals surface area contributed by atoms with Crippen LogP contribution in [0.15, 0.2) is 18.5 Å². The highest BCUT2D eigenvalue weighted by molar-refractivity contribution is 6.33. The fourth-order valence-electron chi connectivity index (χ4n) is 5.05. The largest absolute Gasteiger partial charge is 0.379 e. The molecule has 9 heteroatoms. The standard InChI is InChI=1S/C24H30ClN5O3/c1-24(13-33-14-24)23(32)28-16-6-4-5-15(9-16)22(31)29-21-10-17(19(25)12-26-21)18-11-27-30-8-3-2-7-20(18)30/h10-12,15-16H,2-9,13-14H2,1H3,(H,28,32)(H,26,29,31)/t15-,16+/m0/s1. The van der Waals surface area contributed by atoms with Crippen molar-refractivity contribution < 1.29 is 14.3 Å². The summed E-state index contributed by atoms with van der Waals surface area (Å²) < 4.78 is 7.24. The molecule has 3 aliphatic rings. The normalized spacial score (nSPS) is 23.8. The molecule has 2 atom stereocenters. The molecule has 2 aliphatic heterocycles. The van der Waals surface area contributed by atoms with Crippen LogP contribution in [-0.2, 0) is 27.3 Å². The average Bonchev–Trinajstić information content (AvgIpc) is 3.23. The van der Waals surface area contributed by atoms with Gasteiger partial charge in [-0.1, -0.05) is 18.0 Å². The smallest absolute Gasteiger partial charge is 0.230 e. The van der Waals surface area contributed by atoms with Gasteiger partial charge in [0.2, 0.25) is 11.8 Å². The zero-order valence-electron chi connectivity index (χ0n) is 18.9. The Morgan fingerprint density at radius 1 is 1.18 bits per heavy atom. The summed E-state index contributed by atoms with van der Waals surface area (Å²) in [6.07, 6.45) is 9.91. The first-order valence-electron chi connectivity index (χ1n) is 11.8.